The van der Waals surface area contributed by atoms with Crippen LogP contribution in [0, 0.1) is 11.3 Å². The summed E-state index contributed by atoms with van der Waals surface area (Å²) < 4.78 is 12.8. The molecule has 0 bridgehead atoms. The summed E-state index contributed by atoms with van der Waals surface area (Å²) in [5, 5.41) is 15.4. The first-order chi connectivity index (χ1) is 14.8. The van der Waals surface area contributed by atoms with E-state index in [9.17, 15) is 0 Å². The topological polar surface area (TPSA) is 109 Å². The molecule has 4 aromatic rings. The average Bonchev–Trinajstić information content (AvgIpc) is 3.45. The number of nitriles is 1. The zero-order chi connectivity index (χ0) is 20.3. The van der Waals surface area contributed by atoms with Gasteiger partial charge >= 0.3 is 0 Å². The number of imidazole rings is 1. The van der Waals surface area contributed by atoms with Crippen molar-refractivity contribution in [3.63, 3.8) is 0 Å². The van der Waals surface area contributed by atoms with Crippen LogP contribution in [0.15, 0.2) is 55.0 Å². The molecule has 0 unspecified atom stereocenters. The Morgan fingerprint density at radius 2 is 1.93 bits per heavy atom. The highest BCUT2D eigenvalue weighted by Crippen LogP contribution is 2.35. The van der Waals surface area contributed by atoms with Gasteiger partial charge in [0.25, 0.3) is 0 Å². The van der Waals surface area contributed by atoms with E-state index in [-0.39, 0.29) is 6.79 Å². The maximum atomic E-state index is 8.84. The second-order valence-electron chi connectivity index (χ2n) is 6.59. The zero-order valence-corrected chi connectivity index (χ0v) is 15.9. The number of nitrogens with one attached hydrogen (secondary N) is 2. The third-order valence-electron chi connectivity index (χ3n) is 4.66. The standard InChI is InChI=1S/C21H17N7O2/c22-11-14-1-4-19(26-12-14)23-5-6-25-21-27-16(10-20-24-7-8-28(20)21)15-2-3-17-18(9-15)30-13-29-17/h1-4,7-10,12H,5-6,13H2,(H,23,26)(H,25,27). The second-order valence-corrected chi connectivity index (χ2v) is 6.59. The van der Waals surface area contributed by atoms with Gasteiger partial charge in [0.05, 0.1) is 11.3 Å². The third-order valence-corrected chi connectivity index (χ3v) is 4.66. The van der Waals surface area contributed by atoms with Crippen molar-refractivity contribution in [3.8, 4) is 28.8 Å². The Bertz CT molecular complexity index is 1240. The van der Waals surface area contributed by atoms with Crippen molar-refractivity contribution in [2.24, 2.45) is 0 Å². The van der Waals surface area contributed by atoms with Crippen LogP contribution in [0.5, 0.6) is 11.5 Å². The highest BCUT2D eigenvalue weighted by Gasteiger charge is 2.15. The van der Waals surface area contributed by atoms with Crippen molar-refractivity contribution in [1.82, 2.24) is 19.4 Å². The van der Waals surface area contributed by atoms with Crippen LogP contribution in [-0.4, -0.2) is 39.2 Å². The summed E-state index contributed by atoms with van der Waals surface area (Å²) in [5.74, 6) is 2.85. The molecule has 4 heterocycles. The van der Waals surface area contributed by atoms with E-state index in [1.165, 1.54) is 0 Å². The van der Waals surface area contributed by atoms with Gasteiger partial charge < -0.3 is 20.1 Å². The number of benzene rings is 1. The van der Waals surface area contributed by atoms with Gasteiger partial charge in [0.2, 0.25) is 12.7 Å². The number of hydrogen-bond donors (Lipinski definition) is 2. The number of fused-ring (bicyclic) bond motifs is 2. The SMILES string of the molecule is N#Cc1ccc(NCCNc2nc(-c3ccc4c(c3)OCO4)cc3nccn23)nc1. The molecule has 0 saturated carbocycles. The molecule has 1 aliphatic heterocycles. The lowest BCUT2D eigenvalue weighted by Gasteiger charge is -2.11. The van der Waals surface area contributed by atoms with Gasteiger partial charge in [-0.2, -0.15) is 5.26 Å². The van der Waals surface area contributed by atoms with Crippen LogP contribution in [0.25, 0.3) is 16.9 Å². The molecule has 0 atom stereocenters. The maximum Gasteiger partial charge on any atom is 0.231 e. The normalized spacial score (nSPS) is 12.0. The van der Waals surface area contributed by atoms with Crippen molar-refractivity contribution >= 4 is 17.4 Å². The Morgan fingerprint density at radius 3 is 2.80 bits per heavy atom. The molecule has 9 nitrogen and oxygen atoms in total. The van der Waals surface area contributed by atoms with Gasteiger partial charge in [0.1, 0.15) is 17.5 Å². The smallest absolute Gasteiger partial charge is 0.231 e. The van der Waals surface area contributed by atoms with Crippen LogP contribution < -0.4 is 20.1 Å². The van der Waals surface area contributed by atoms with E-state index in [1.54, 1.807) is 24.5 Å². The molecule has 9 heteroatoms. The third kappa shape index (κ3) is 3.42. The van der Waals surface area contributed by atoms with E-state index < -0.39 is 0 Å². The molecule has 1 aliphatic rings. The molecule has 5 rings (SSSR count). The predicted molar refractivity (Wildman–Crippen MR) is 110 cm³/mol. The zero-order valence-electron chi connectivity index (χ0n) is 15.9. The average molecular weight is 399 g/mol. The Labute approximate surface area is 171 Å². The lowest BCUT2D eigenvalue weighted by molar-refractivity contribution is 0.174. The molecule has 148 valence electrons. The molecule has 2 N–H and O–H groups in total. The van der Waals surface area contributed by atoms with E-state index >= 15 is 0 Å². The van der Waals surface area contributed by atoms with E-state index in [2.05, 4.69) is 26.7 Å². The number of rotatable bonds is 6. The summed E-state index contributed by atoms with van der Waals surface area (Å²) in [6, 6.07) is 13.3. The fourth-order valence-corrected chi connectivity index (χ4v) is 3.18. The molecule has 0 amide bonds. The summed E-state index contributed by atoms with van der Waals surface area (Å²) in [6.45, 7) is 1.48. The minimum atomic E-state index is 0.236. The first-order valence-corrected chi connectivity index (χ1v) is 9.38. The Hall–Kier alpha value is -4.32. The highest BCUT2D eigenvalue weighted by atomic mass is 16.7. The van der Waals surface area contributed by atoms with Gasteiger partial charge in [-0.1, -0.05) is 0 Å². The molecular formula is C21H17N7O2. The second kappa shape index (κ2) is 7.60. The largest absolute Gasteiger partial charge is 0.454 e. The van der Waals surface area contributed by atoms with Crippen LogP contribution in [0.1, 0.15) is 5.56 Å². The summed E-state index contributed by atoms with van der Waals surface area (Å²) in [7, 11) is 0. The van der Waals surface area contributed by atoms with Gasteiger partial charge in [0.15, 0.2) is 11.5 Å². The van der Waals surface area contributed by atoms with Gasteiger partial charge in [-0.05, 0) is 30.3 Å². The highest BCUT2D eigenvalue weighted by molar-refractivity contribution is 5.69. The molecule has 30 heavy (non-hydrogen) atoms. The van der Waals surface area contributed by atoms with Crippen molar-refractivity contribution in [3.05, 3.63) is 60.6 Å². The quantitative estimate of drug-likeness (QED) is 0.476. The molecule has 0 spiro atoms. The van der Waals surface area contributed by atoms with Crippen LogP contribution in [0.4, 0.5) is 11.8 Å². The number of pyridine rings is 1. The molecule has 0 radical (unpaired) electrons. The number of ether oxygens (including phenoxy) is 2. The molecule has 3 aromatic heterocycles. The van der Waals surface area contributed by atoms with Crippen LogP contribution in [0.2, 0.25) is 0 Å². The molecule has 0 aliphatic carbocycles. The van der Waals surface area contributed by atoms with E-state index in [0.29, 0.717) is 36.2 Å². The monoisotopic (exact) mass is 399 g/mol. The lowest BCUT2D eigenvalue weighted by atomic mass is 10.1. The maximum absolute atomic E-state index is 8.84. The number of nitrogens with zero attached hydrogens (tertiary/aromatic N) is 5. The minimum Gasteiger partial charge on any atom is -0.454 e. The number of anilines is 2. The first-order valence-electron chi connectivity index (χ1n) is 9.38. The molecule has 0 fully saturated rings. The summed E-state index contributed by atoms with van der Waals surface area (Å²) >= 11 is 0. The molecule has 1 aromatic carbocycles. The van der Waals surface area contributed by atoms with E-state index in [4.69, 9.17) is 19.7 Å². The van der Waals surface area contributed by atoms with Crippen molar-refractivity contribution in [2.75, 3.05) is 30.5 Å². The van der Waals surface area contributed by atoms with Crippen LogP contribution >= 0.6 is 0 Å². The summed E-state index contributed by atoms with van der Waals surface area (Å²) in [4.78, 5) is 13.4. The number of hydrogen-bond acceptors (Lipinski definition) is 8. The van der Waals surface area contributed by atoms with Gasteiger partial charge in [-0.15, -0.1) is 0 Å². The van der Waals surface area contributed by atoms with Crippen molar-refractivity contribution in [1.29, 1.82) is 5.26 Å². The van der Waals surface area contributed by atoms with Crippen molar-refractivity contribution < 1.29 is 9.47 Å². The predicted octanol–water partition coefficient (Wildman–Crippen LogP) is 2.92. The Balaban J connectivity index is 1.32. The minimum absolute atomic E-state index is 0.236. The van der Waals surface area contributed by atoms with Gasteiger partial charge in [0, 0.05) is 43.3 Å². The fourth-order valence-electron chi connectivity index (χ4n) is 3.18. The van der Waals surface area contributed by atoms with E-state index in [0.717, 1.165) is 22.7 Å². The Morgan fingerprint density at radius 1 is 1.03 bits per heavy atom. The fraction of sp³-hybridized carbons (Fsp3) is 0.143. The summed E-state index contributed by atoms with van der Waals surface area (Å²) in [5.41, 5.74) is 3.04. The first kappa shape index (κ1) is 17.8. The van der Waals surface area contributed by atoms with Crippen LogP contribution in [0.3, 0.4) is 0 Å². The van der Waals surface area contributed by atoms with Crippen molar-refractivity contribution in [2.45, 2.75) is 0 Å². The molecular weight excluding hydrogens is 382 g/mol. The summed E-state index contributed by atoms with van der Waals surface area (Å²) in [6.07, 6.45) is 5.15. The Kier molecular flexibility index (Phi) is 4.50. The van der Waals surface area contributed by atoms with Crippen LogP contribution in [-0.2, 0) is 0 Å². The van der Waals surface area contributed by atoms with Gasteiger partial charge in [-0.25, -0.2) is 15.0 Å². The van der Waals surface area contributed by atoms with E-state index in [1.807, 2.05) is 34.9 Å². The molecule has 0 saturated heterocycles. The van der Waals surface area contributed by atoms with Gasteiger partial charge in [-0.3, -0.25) is 4.40 Å². The lowest BCUT2D eigenvalue weighted by Crippen LogP contribution is -2.16. The number of aromatic nitrogens is 4.